The first-order valence-corrected chi connectivity index (χ1v) is 21.9. The van der Waals surface area contributed by atoms with Crippen LogP contribution < -0.4 is 5.32 Å². The summed E-state index contributed by atoms with van der Waals surface area (Å²) in [5.41, 5.74) is 0. The maximum Gasteiger partial charge on any atom is 0.305 e. The van der Waals surface area contributed by atoms with Gasteiger partial charge >= 0.3 is 5.97 Å². The van der Waals surface area contributed by atoms with E-state index < -0.39 is 12.1 Å². The minimum atomic E-state index is -0.671. The Bertz CT molecular complexity index is 742. The molecule has 0 aliphatic rings. The lowest BCUT2D eigenvalue weighted by Crippen LogP contribution is -2.45. The molecule has 296 valence electrons. The van der Waals surface area contributed by atoms with Crippen molar-refractivity contribution in [2.24, 2.45) is 0 Å². The molecular weight excluding hydrogens is 622 g/mol. The first-order valence-electron chi connectivity index (χ1n) is 21.9. The van der Waals surface area contributed by atoms with E-state index in [1.165, 1.54) is 141 Å². The van der Waals surface area contributed by atoms with Gasteiger partial charge in [0, 0.05) is 12.8 Å². The van der Waals surface area contributed by atoms with Crippen LogP contribution in [0.15, 0.2) is 12.2 Å². The lowest BCUT2D eigenvalue weighted by atomic mass is 10.0. The van der Waals surface area contributed by atoms with Crippen LogP contribution in [-0.4, -0.2) is 47.4 Å². The number of hydrogen-bond acceptors (Lipinski definition) is 5. The summed E-state index contributed by atoms with van der Waals surface area (Å²) in [6.07, 6.45) is 43.0. The van der Waals surface area contributed by atoms with Crippen molar-refractivity contribution in [3.8, 4) is 0 Å². The number of carbonyl (C=O) groups excluding carboxylic acids is 2. The number of unbranched alkanes of at least 4 members (excludes halogenated alkanes) is 27. The van der Waals surface area contributed by atoms with Gasteiger partial charge in [0.2, 0.25) is 5.91 Å². The van der Waals surface area contributed by atoms with Gasteiger partial charge in [-0.1, -0.05) is 180 Å². The summed E-state index contributed by atoms with van der Waals surface area (Å²) >= 11 is 0. The highest BCUT2D eigenvalue weighted by molar-refractivity contribution is 5.76. The van der Waals surface area contributed by atoms with Crippen LogP contribution in [-0.2, 0) is 14.3 Å². The molecule has 0 heterocycles. The largest absolute Gasteiger partial charge is 0.466 e. The van der Waals surface area contributed by atoms with Crippen LogP contribution in [0.5, 0.6) is 0 Å². The second-order valence-corrected chi connectivity index (χ2v) is 15.0. The third-order valence-electron chi connectivity index (χ3n) is 10.1. The zero-order valence-corrected chi connectivity index (χ0v) is 33.4. The first kappa shape index (κ1) is 48.6. The maximum absolute atomic E-state index is 12.3. The third kappa shape index (κ3) is 36.4. The average molecular weight is 708 g/mol. The Balaban J connectivity index is 3.46. The molecule has 2 atom stereocenters. The SMILES string of the molecule is CCCCC/C=C\CCCCCCCC(=O)OCCCCCCCCCCCCCCC(=O)NC(CO)C(O)CCCCCCCCCCC. The fourth-order valence-corrected chi connectivity index (χ4v) is 6.63. The summed E-state index contributed by atoms with van der Waals surface area (Å²) < 4.78 is 5.43. The molecule has 2 unspecified atom stereocenters. The molecule has 0 radical (unpaired) electrons. The van der Waals surface area contributed by atoms with Crippen LogP contribution in [0.1, 0.15) is 232 Å². The molecule has 0 aliphatic carbocycles. The van der Waals surface area contributed by atoms with E-state index >= 15 is 0 Å². The number of hydrogen-bond donors (Lipinski definition) is 3. The van der Waals surface area contributed by atoms with Crippen molar-refractivity contribution in [2.45, 2.75) is 244 Å². The van der Waals surface area contributed by atoms with Crippen molar-refractivity contribution < 1.29 is 24.5 Å². The van der Waals surface area contributed by atoms with E-state index in [-0.39, 0.29) is 18.5 Å². The molecule has 0 saturated carbocycles. The average Bonchev–Trinajstić information content (AvgIpc) is 3.11. The van der Waals surface area contributed by atoms with E-state index in [4.69, 9.17) is 4.74 Å². The van der Waals surface area contributed by atoms with E-state index in [1.54, 1.807) is 0 Å². The molecule has 50 heavy (non-hydrogen) atoms. The fourth-order valence-electron chi connectivity index (χ4n) is 6.63. The highest BCUT2D eigenvalue weighted by atomic mass is 16.5. The normalized spacial score (nSPS) is 12.8. The van der Waals surface area contributed by atoms with Crippen LogP contribution in [0.2, 0.25) is 0 Å². The van der Waals surface area contributed by atoms with Gasteiger partial charge in [-0.2, -0.15) is 0 Å². The Morgan fingerprint density at radius 1 is 0.540 bits per heavy atom. The van der Waals surface area contributed by atoms with Crippen LogP contribution in [0.25, 0.3) is 0 Å². The minimum absolute atomic E-state index is 0.0201. The highest BCUT2D eigenvalue weighted by Gasteiger charge is 2.20. The summed E-state index contributed by atoms with van der Waals surface area (Å²) in [4.78, 5) is 24.3. The van der Waals surface area contributed by atoms with Gasteiger partial charge in [-0.3, -0.25) is 9.59 Å². The van der Waals surface area contributed by atoms with Gasteiger partial charge in [-0.15, -0.1) is 0 Å². The summed E-state index contributed by atoms with van der Waals surface area (Å²) in [5.74, 6) is -0.0743. The topological polar surface area (TPSA) is 95.9 Å². The smallest absolute Gasteiger partial charge is 0.305 e. The predicted octanol–water partition coefficient (Wildman–Crippen LogP) is 12.2. The van der Waals surface area contributed by atoms with Gasteiger partial charge in [0.25, 0.3) is 0 Å². The Kier molecular flexibility index (Phi) is 39.2. The molecule has 0 aliphatic heterocycles. The van der Waals surface area contributed by atoms with E-state index in [0.29, 0.717) is 25.9 Å². The number of carbonyl (C=O) groups is 2. The van der Waals surface area contributed by atoms with E-state index in [2.05, 4.69) is 31.3 Å². The number of aliphatic hydroxyl groups is 2. The summed E-state index contributed by atoms with van der Waals surface area (Å²) in [6, 6.07) is -0.550. The van der Waals surface area contributed by atoms with Gasteiger partial charge in [-0.05, 0) is 51.4 Å². The van der Waals surface area contributed by atoms with Gasteiger partial charge in [0.05, 0.1) is 25.4 Å². The molecule has 0 aromatic carbocycles. The molecule has 1 amide bonds. The van der Waals surface area contributed by atoms with E-state index in [0.717, 1.165) is 57.8 Å². The van der Waals surface area contributed by atoms with Gasteiger partial charge < -0.3 is 20.3 Å². The molecule has 6 heteroatoms. The van der Waals surface area contributed by atoms with Crippen molar-refractivity contribution in [2.75, 3.05) is 13.2 Å². The number of ether oxygens (including phenoxy) is 1. The van der Waals surface area contributed by atoms with Crippen molar-refractivity contribution in [1.82, 2.24) is 5.32 Å². The number of esters is 1. The quantitative estimate of drug-likeness (QED) is 0.0335. The standard InChI is InChI=1S/C44H85NO5/c1-3-5-7-9-11-13-14-18-22-26-30-34-38-44(49)50-39-35-31-27-23-19-16-15-17-21-25-29-33-37-43(48)45-41(40-46)42(47)36-32-28-24-20-12-10-8-6-4-2/h11,13,41-42,46-47H,3-10,12,14-40H2,1-2H3,(H,45,48)/b13-11-. The Hall–Kier alpha value is -1.40. The maximum atomic E-state index is 12.3. The second-order valence-electron chi connectivity index (χ2n) is 15.0. The van der Waals surface area contributed by atoms with Gasteiger partial charge in [0.1, 0.15) is 0 Å². The minimum Gasteiger partial charge on any atom is -0.466 e. The van der Waals surface area contributed by atoms with Gasteiger partial charge in [-0.25, -0.2) is 0 Å². The van der Waals surface area contributed by atoms with E-state index in [1.807, 2.05) is 0 Å². The number of allylic oxidation sites excluding steroid dienone is 2. The Morgan fingerprint density at radius 3 is 1.46 bits per heavy atom. The Labute approximate surface area is 310 Å². The number of aliphatic hydroxyl groups excluding tert-OH is 2. The predicted molar refractivity (Wildman–Crippen MR) is 213 cm³/mol. The third-order valence-corrected chi connectivity index (χ3v) is 10.1. The monoisotopic (exact) mass is 708 g/mol. The van der Waals surface area contributed by atoms with Crippen molar-refractivity contribution in [3.05, 3.63) is 12.2 Å². The van der Waals surface area contributed by atoms with Crippen molar-refractivity contribution >= 4 is 11.9 Å². The van der Waals surface area contributed by atoms with Crippen LogP contribution in [0.4, 0.5) is 0 Å². The van der Waals surface area contributed by atoms with Crippen molar-refractivity contribution in [1.29, 1.82) is 0 Å². The highest BCUT2D eigenvalue weighted by Crippen LogP contribution is 2.15. The number of nitrogens with one attached hydrogen (secondary N) is 1. The molecule has 0 saturated heterocycles. The molecule has 0 rings (SSSR count). The lowest BCUT2D eigenvalue weighted by molar-refractivity contribution is -0.143. The molecular formula is C44H85NO5. The molecule has 0 fully saturated rings. The van der Waals surface area contributed by atoms with Crippen molar-refractivity contribution in [3.63, 3.8) is 0 Å². The zero-order valence-electron chi connectivity index (χ0n) is 33.4. The molecule has 0 aromatic rings. The molecule has 3 N–H and O–H groups in total. The van der Waals surface area contributed by atoms with E-state index in [9.17, 15) is 19.8 Å². The molecule has 0 aromatic heterocycles. The zero-order chi connectivity index (χ0) is 36.6. The number of amides is 1. The summed E-state index contributed by atoms with van der Waals surface area (Å²) in [7, 11) is 0. The molecule has 0 bridgehead atoms. The fraction of sp³-hybridized carbons (Fsp3) is 0.909. The van der Waals surface area contributed by atoms with Crippen LogP contribution >= 0.6 is 0 Å². The first-order chi connectivity index (χ1) is 24.5. The number of rotatable bonds is 40. The van der Waals surface area contributed by atoms with Crippen LogP contribution in [0.3, 0.4) is 0 Å². The lowest BCUT2D eigenvalue weighted by Gasteiger charge is -2.22. The summed E-state index contributed by atoms with van der Waals surface area (Å²) in [5, 5.41) is 23.0. The second kappa shape index (κ2) is 40.4. The van der Waals surface area contributed by atoms with Crippen LogP contribution in [0, 0.1) is 0 Å². The van der Waals surface area contributed by atoms with Gasteiger partial charge in [0.15, 0.2) is 0 Å². The summed E-state index contributed by atoms with van der Waals surface area (Å²) in [6.45, 7) is 4.86. The molecule has 6 nitrogen and oxygen atoms in total. The molecule has 0 spiro atoms. The Morgan fingerprint density at radius 2 is 0.940 bits per heavy atom.